The smallest absolute Gasteiger partial charge is 0.124 e. The van der Waals surface area contributed by atoms with E-state index in [9.17, 15) is 0 Å². The summed E-state index contributed by atoms with van der Waals surface area (Å²) in [4.78, 5) is 7.64. The monoisotopic (exact) mass is 643 g/mol. The van der Waals surface area contributed by atoms with Crippen LogP contribution in [-0.4, -0.2) is 9.55 Å². The SMILES string of the molecule is c1ccc(N(c2ccc(-c3nc4c5ccccc5c5ccccc5c4s3)cc2)c2cccc3c4ccccc4n(-c4ccccc4)c23)cc1. The van der Waals surface area contributed by atoms with Crippen LogP contribution in [0.1, 0.15) is 0 Å². The second-order valence-electron chi connectivity index (χ2n) is 12.4. The summed E-state index contributed by atoms with van der Waals surface area (Å²) in [5, 5.41) is 8.47. The van der Waals surface area contributed by atoms with Gasteiger partial charge in [0.15, 0.2) is 0 Å². The minimum atomic E-state index is 1.03. The molecule has 3 nitrogen and oxygen atoms in total. The Bertz CT molecular complexity index is 2740. The molecule has 0 aliphatic carbocycles. The molecular weight excluding hydrogens is 615 g/mol. The van der Waals surface area contributed by atoms with Gasteiger partial charge in [-0.25, -0.2) is 4.98 Å². The number of nitrogens with zero attached hydrogens (tertiary/aromatic N) is 3. The van der Waals surface area contributed by atoms with E-state index in [0.29, 0.717) is 0 Å². The highest BCUT2D eigenvalue weighted by Crippen LogP contribution is 2.45. The predicted octanol–water partition coefficient (Wildman–Crippen LogP) is 12.8. The van der Waals surface area contributed by atoms with Crippen LogP contribution in [0.4, 0.5) is 17.1 Å². The first-order chi connectivity index (χ1) is 24.3. The van der Waals surface area contributed by atoms with Crippen molar-refractivity contribution in [2.75, 3.05) is 4.90 Å². The highest BCUT2D eigenvalue weighted by molar-refractivity contribution is 7.22. The average molecular weight is 644 g/mol. The normalized spacial score (nSPS) is 11.7. The van der Waals surface area contributed by atoms with Gasteiger partial charge in [0.2, 0.25) is 0 Å². The molecule has 0 bridgehead atoms. The van der Waals surface area contributed by atoms with Crippen molar-refractivity contribution in [1.29, 1.82) is 0 Å². The van der Waals surface area contributed by atoms with Crippen molar-refractivity contribution in [3.05, 3.63) is 176 Å². The molecular formula is C45H29N3S. The van der Waals surface area contributed by atoms with E-state index in [1.165, 1.54) is 48.1 Å². The third-order valence-electron chi connectivity index (χ3n) is 9.59. The van der Waals surface area contributed by atoms with Gasteiger partial charge in [0, 0.05) is 44.2 Å². The van der Waals surface area contributed by atoms with Gasteiger partial charge >= 0.3 is 0 Å². The fourth-order valence-electron chi connectivity index (χ4n) is 7.43. The zero-order chi connectivity index (χ0) is 32.3. The largest absolute Gasteiger partial charge is 0.308 e. The van der Waals surface area contributed by atoms with Crippen LogP contribution in [0, 0.1) is 0 Å². The first-order valence-corrected chi connectivity index (χ1v) is 17.4. The Kier molecular flexibility index (Phi) is 6.36. The lowest BCUT2D eigenvalue weighted by atomic mass is 10.0. The summed E-state index contributed by atoms with van der Waals surface area (Å²) in [6, 6.07) is 63.0. The summed E-state index contributed by atoms with van der Waals surface area (Å²) in [6.07, 6.45) is 0. The molecule has 49 heavy (non-hydrogen) atoms. The van der Waals surface area contributed by atoms with Gasteiger partial charge in [-0.1, -0.05) is 115 Å². The Hall–Kier alpha value is -6.23. The van der Waals surface area contributed by atoms with Crippen LogP contribution in [0.5, 0.6) is 0 Å². The molecule has 0 saturated carbocycles. The van der Waals surface area contributed by atoms with E-state index in [0.717, 1.165) is 38.8 Å². The van der Waals surface area contributed by atoms with E-state index >= 15 is 0 Å². The number of benzene rings is 8. The van der Waals surface area contributed by atoms with E-state index in [4.69, 9.17) is 4.98 Å². The molecule has 0 aliphatic rings. The molecule has 0 aliphatic heterocycles. The summed E-state index contributed by atoms with van der Waals surface area (Å²) >= 11 is 1.78. The van der Waals surface area contributed by atoms with Gasteiger partial charge in [0.05, 0.1) is 26.9 Å². The molecule has 8 aromatic carbocycles. The van der Waals surface area contributed by atoms with Gasteiger partial charge in [-0.3, -0.25) is 0 Å². The summed E-state index contributed by atoms with van der Waals surface area (Å²) in [5.41, 5.74) is 9.00. The highest BCUT2D eigenvalue weighted by atomic mass is 32.1. The molecule has 0 radical (unpaired) electrons. The summed E-state index contributed by atoms with van der Waals surface area (Å²) in [6.45, 7) is 0. The summed E-state index contributed by atoms with van der Waals surface area (Å²) in [7, 11) is 0. The Labute approximate surface area is 287 Å². The average Bonchev–Trinajstić information content (AvgIpc) is 3.78. The first-order valence-electron chi connectivity index (χ1n) is 16.6. The van der Waals surface area contributed by atoms with Crippen molar-refractivity contribution < 1.29 is 0 Å². The second kappa shape index (κ2) is 11.2. The Morgan fingerprint density at radius 1 is 0.449 bits per heavy atom. The Morgan fingerprint density at radius 2 is 1.02 bits per heavy atom. The zero-order valence-corrected chi connectivity index (χ0v) is 27.3. The predicted molar refractivity (Wildman–Crippen MR) is 209 cm³/mol. The van der Waals surface area contributed by atoms with Crippen molar-refractivity contribution in [3.8, 4) is 16.3 Å². The molecule has 0 spiro atoms. The van der Waals surface area contributed by atoms with Gasteiger partial charge in [-0.05, 0) is 71.4 Å². The number of fused-ring (bicyclic) bond motifs is 9. The maximum atomic E-state index is 5.26. The molecule has 0 N–H and O–H groups in total. The van der Waals surface area contributed by atoms with Gasteiger partial charge in [0.1, 0.15) is 5.01 Å². The lowest BCUT2D eigenvalue weighted by Crippen LogP contribution is -2.11. The fraction of sp³-hybridized carbons (Fsp3) is 0. The Balaban J connectivity index is 1.17. The van der Waals surface area contributed by atoms with Gasteiger partial charge in [0.25, 0.3) is 0 Å². The topological polar surface area (TPSA) is 21.1 Å². The number of rotatable bonds is 5. The Morgan fingerprint density at radius 3 is 1.78 bits per heavy atom. The number of aromatic nitrogens is 2. The van der Waals surface area contributed by atoms with E-state index in [1.807, 2.05) is 0 Å². The van der Waals surface area contributed by atoms with Crippen LogP contribution in [0.15, 0.2) is 176 Å². The van der Waals surface area contributed by atoms with E-state index in [-0.39, 0.29) is 0 Å². The van der Waals surface area contributed by atoms with Crippen LogP contribution >= 0.6 is 11.3 Å². The maximum absolute atomic E-state index is 5.26. The molecule has 230 valence electrons. The molecule has 0 unspecified atom stereocenters. The van der Waals surface area contributed by atoms with Crippen molar-refractivity contribution in [1.82, 2.24) is 9.55 Å². The zero-order valence-electron chi connectivity index (χ0n) is 26.5. The van der Waals surface area contributed by atoms with Gasteiger partial charge in [-0.15, -0.1) is 11.3 Å². The summed E-state index contributed by atoms with van der Waals surface area (Å²) < 4.78 is 3.64. The van der Waals surface area contributed by atoms with Gasteiger partial charge in [-0.2, -0.15) is 0 Å². The lowest BCUT2D eigenvalue weighted by Gasteiger charge is -2.27. The molecule has 4 heteroatoms. The van der Waals surface area contributed by atoms with Crippen LogP contribution in [0.3, 0.4) is 0 Å². The van der Waals surface area contributed by atoms with Crippen molar-refractivity contribution in [2.24, 2.45) is 0 Å². The molecule has 2 heterocycles. The van der Waals surface area contributed by atoms with E-state index in [2.05, 4.69) is 185 Å². The molecule has 10 aromatic rings. The van der Waals surface area contributed by atoms with Crippen LogP contribution in [0.25, 0.3) is 69.8 Å². The molecule has 0 fully saturated rings. The number of hydrogen-bond donors (Lipinski definition) is 0. The van der Waals surface area contributed by atoms with Crippen molar-refractivity contribution in [3.63, 3.8) is 0 Å². The van der Waals surface area contributed by atoms with Crippen molar-refractivity contribution >= 4 is 82.0 Å². The molecule has 0 amide bonds. The third kappa shape index (κ3) is 4.38. The van der Waals surface area contributed by atoms with E-state index in [1.54, 1.807) is 11.3 Å². The standard InChI is InChI=1S/C45H29N3S/c1-3-14-31(15-4-1)47(41-25-13-23-38-36-20-11-12-24-40(36)48(43(38)41)32-16-5-2-6-17-32)33-28-26-30(27-29-33)45-46-42-37-21-9-7-18-34(37)35-19-8-10-22-39(35)44(42)49-45/h1-29H. The van der Waals surface area contributed by atoms with Crippen LogP contribution < -0.4 is 4.90 Å². The minimum absolute atomic E-state index is 1.03. The molecule has 2 aromatic heterocycles. The minimum Gasteiger partial charge on any atom is -0.308 e. The lowest BCUT2D eigenvalue weighted by molar-refractivity contribution is 1.17. The van der Waals surface area contributed by atoms with Gasteiger partial charge < -0.3 is 9.47 Å². The summed E-state index contributed by atoms with van der Waals surface area (Å²) in [5.74, 6) is 0. The first kappa shape index (κ1) is 27.8. The fourth-order valence-corrected chi connectivity index (χ4v) is 8.56. The molecule has 0 saturated heterocycles. The number of anilines is 3. The van der Waals surface area contributed by atoms with Crippen LogP contribution in [0.2, 0.25) is 0 Å². The molecule has 0 atom stereocenters. The maximum Gasteiger partial charge on any atom is 0.124 e. The number of hydrogen-bond acceptors (Lipinski definition) is 3. The number of thiazole rings is 1. The highest BCUT2D eigenvalue weighted by Gasteiger charge is 2.22. The third-order valence-corrected chi connectivity index (χ3v) is 10.7. The number of para-hydroxylation sites is 4. The molecule has 10 rings (SSSR count). The van der Waals surface area contributed by atoms with E-state index < -0.39 is 0 Å². The van der Waals surface area contributed by atoms with Crippen molar-refractivity contribution in [2.45, 2.75) is 0 Å². The second-order valence-corrected chi connectivity index (χ2v) is 13.4. The quantitative estimate of drug-likeness (QED) is 0.174. The van der Waals surface area contributed by atoms with Crippen LogP contribution in [-0.2, 0) is 0 Å².